The molecule has 0 bridgehead atoms. The van der Waals surface area contributed by atoms with Crippen LogP contribution in [-0.2, 0) is 22.0 Å². The first-order valence-electron chi connectivity index (χ1n) is 12.1. The average Bonchev–Trinajstić information content (AvgIpc) is 3.01. The van der Waals surface area contributed by atoms with Gasteiger partial charge in [0.15, 0.2) is 17.3 Å². The molecule has 2 aliphatic rings. The molecule has 1 atom stereocenters. The van der Waals surface area contributed by atoms with Crippen LogP contribution in [0.15, 0.2) is 47.1 Å². The van der Waals surface area contributed by atoms with E-state index < -0.39 is 15.5 Å². The van der Waals surface area contributed by atoms with E-state index in [0.29, 0.717) is 34.5 Å². The van der Waals surface area contributed by atoms with Crippen LogP contribution < -0.4 is 5.32 Å². The molecule has 1 unspecified atom stereocenters. The van der Waals surface area contributed by atoms with E-state index in [4.69, 9.17) is 0 Å². The van der Waals surface area contributed by atoms with E-state index in [2.05, 4.69) is 48.7 Å². The molecule has 0 spiro atoms. The summed E-state index contributed by atoms with van der Waals surface area (Å²) in [6.07, 6.45) is 7.13. The fourth-order valence-electron chi connectivity index (χ4n) is 5.25. The molecule has 4 aromatic rings. The number of rotatable bonds is 4. The normalized spacial score (nSPS) is 17.9. The van der Waals surface area contributed by atoms with Gasteiger partial charge in [-0.05, 0) is 66.1 Å². The van der Waals surface area contributed by atoms with Crippen LogP contribution in [0.2, 0.25) is 0 Å². The van der Waals surface area contributed by atoms with Crippen LogP contribution in [0.1, 0.15) is 29.0 Å². The van der Waals surface area contributed by atoms with Crippen LogP contribution in [0.5, 0.6) is 0 Å². The number of nitrogens with one attached hydrogen (secondary N) is 1. The van der Waals surface area contributed by atoms with Crippen molar-refractivity contribution in [1.82, 2.24) is 24.4 Å². The van der Waals surface area contributed by atoms with Gasteiger partial charge >= 0.3 is 0 Å². The molecule has 0 amide bonds. The Morgan fingerprint density at radius 2 is 2.05 bits per heavy atom. The molecule has 3 aromatic heterocycles. The first kappa shape index (κ1) is 24.3. The highest BCUT2D eigenvalue weighted by atomic mass is 32.2. The molecule has 192 valence electrons. The monoisotopic (exact) mass is 537 g/mol. The number of hydrogen-bond donors (Lipinski definition) is 1. The molecular weight excluding hydrogens is 509 g/mol. The van der Waals surface area contributed by atoms with Gasteiger partial charge in [-0.3, -0.25) is 4.57 Å². The molecule has 8 nitrogen and oxygen atoms in total. The molecule has 5 heterocycles. The molecule has 0 fully saturated rings. The van der Waals surface area contributed by atoms with Crippen molar-refractivity contribution in [2.45, 2.75) is 24.6 Å². The molecule has 0 aliphatic carbocycles. The molecule has 2 aliphatic heterocycles. The number of pyridine rings is 1. The van der Waals surface area contributed by atoms with Crippen molar-refractivity contribution >= 4 is 50.0 Å². The summed E-state index contributed by atoms with van der Waals surface area (Å²) in [5, 5.41) is 3.66. The van der Waals surface area contributed by atoms with E-state index in [9.17, 15) is 8.60 Å². The van der Waals surface area contributed by atoms with Gasteiger partial charge in [0.05, 0.1) is 5.39 Å². The van der Waals surface area contributed by atoms with Crippen LogP contribution in [-0.4, -0.2) is 60.5 Å². The van der Waals surface area contributed by atoms with Gasteiger partial charge in [0, 0.05) is 59.2 Å². The van der Waals surface area contributed by atoms with Gasteiger partial charge in [0.1, 0.15) is 5.82 Å². The van der Waals surface area contributed by atoms with E-state index in [1.807, 2.05) is 11.8 Å². The van der Waals surface area contributed by atoms with Gasteiger partial charge in [-0.25, -0.2) is 18.6 Å². The summed E-state index contributed by atoms with van der Waals surface area (Å²) >= 11 is 1.98. The standard InChI is InChI=1S/C26H28FN7OS2/c1-33-12-16-7-8-36-15-18-10-19(9-17(13-33)24(16)18)29-26-28-11-20-21(27)14-34(25(20)31-26)23-6-4-5-22(30-23)32-37(2,3)35/h4-6,9-11,14,16H,7-8,12-13,15H2,1-3H3,(H,28,29,31). The molecular formula is C26H28FN7OS2. The maximum absolute atomic E-state index is 14.8. The van der Waals surface area contributed by atoms with E-state index in [1.54, 1.807) is 35.3 Å². The molecule has 6 rings (SSSR count). The topological polar surface area (TPSA) is 88.3 Å². The Labute approximate surface area is 219 Å². The van der Waals surface area contributed by atoms with Crippen molar-refractivity contribution in [1.29, 1.82) is 0 Å². The van der Waals surface area contributed by atoms with Crippen molar-refractivity contribution in [2.75, 3.05) is 37.2 Å². The highest BCUT2D eigenvalue weighted by molar-refractivity contribution is 7.98. The number of nitrogens with zero attached hydrogens (tertiary/aromatic N) is 6. The first-order valence-corrected chi connectivity index (χ1v) is 15.6. The third-order valence-electron chi connectivity index (χ3n) is 6.63. The Bertz CT molecular complexity index is 1640. The quantitative estimate of drug-likeness (QED) is 0.382. The lowest BCUT2D eigenvalue weighted by Gasteiger charge is -2.33. The number of hydrogen-bond acceptors (Lipinski definition) is 8. The highest BCUT2D eigenvalue weighted by Crippen LogP contribution is 2.40. The van der Waals surface area contributed by atoms with Gasteiger partial charge < -0.3 is 10.2 Å². The van der Waals surface area contributed by atoms with Crippen molar-refractivity contribution in [2.24, 2.45) is 4.36 Å². The van der Waals surface area contributed by atoms with Gasteiger partial charge in [-0.1, -0.05) is 6.07 Å². The Balaban J connectivity index is 1.39. The lowest BCUT2D eigenvalue weighted by molar-refractivity contribution is 0.278. The van der Waals surface area contributed by atoms with Gasteiger partial charge in [-0.2, -0.15) is 21.1 Å². The summed E-state index contributed by atoms with van der Waals surface area (Å²) in [5.41, 5.74) is 5.57. The SMILES string of the molecule is CN1Cc2cc(Nc3ncc4c(F)cn(-c5cccc(N=S(C)(C)=O)n5)c4n3)cc3c2C(CCSC3)C1. The van der Waals surface area contributed by atoms with Gasteiger partial charge in [-0.15, -0.1) is 0 Å². The van der Waals surface area contributed by atoms with Crippen LogP contribution in [0.3, 0.4) is 0 Å². The zero-order chi connectivity index (χ0) is 25.7. The van der Waals surface area contributed by atoms with Gasteiger partial charge in [0.25, 0.3) is 0 Å². The fraction of sp³-hybridized carbons (Fsp3) is 0.346. The van der Waals surface area contributed by atoms with E-state index in [0.717, 1.165) is 24.5 Å². The predicted molar refractivity (Wildman–Crippen MR) is 148 cm³/mol. The molecule has 0 radical (unpaired) electrons. The average molecular weight is 538 g/mol. The minimum Gasteiger partial charge on any atom is -0.324 e. The Hall–Kier alpha value is -3.02. The second-order valence-corrected chi connectivity index (χ2v) is 13.6. The first-order chi connectivity index (χ1) is 17.7. The lowest BCUT2D eigenvalue weighted by atomic mass is 9.84. The van der Waals surface area contributed by atoms with Crippen LogP contribution in [0.25, 0.3) is 16.9 Å². The number of fused-ring (bicyclic) bond motifs is 1. The highest BCUT2D eigenvalue weighted by Gasteiger charge is 2.28. The molecule has 11 heteroatoms. The second kappa shape index (κ2) is 9.38. The third kappa shape index (κ3) is 4.95. The summed E-state index contributed by atoms with van der Waals surface area (Å²) in [7, 11) is -0.207. The minimum absolute atomic E-state index is 0.294. The summed E-state index contributed by atoms with van der Waals surface area (Å²) in [5.74, 6) is 3.45. The van der Waals surface area contributed by atoms with Crippen LogP contribution in [0.4, 0.5) is 21.8 Å². The zero-order valence-electron chi connectivity index (χ0n) is 20.9. The smallest absolute Gasteiger partial charge is 0.229 e. The number of likely N-dealkylation sites (N-methyl/N-ethyl adjacent to an activating group) is 1. The summed E-state index contributed by atoms with van der Waals surface area (Å²) < 4.78 is 32.7. The minimum atomic E-state index is -2.38. The Morgan fingerprint density at radius 3 is 2.89 bits per heavy atom. The molecule has 0 saturated heterocycles. The second-order valence-electron chi connectivity index (χ2n) is 9.97. The van der Waals surface area contributed by atoms with Crippen LogP contribution >= 0.6 is 11.8 Å². The summed E-state index contributed by atoms with van der Waals surface area (Å²) in [4.78, 5) is 15.9. The van der Waals surface area contributed by atoms with Crippen molar-refractivity contribution < 1.29 is 8.60 Å². The lowest BCUT2D eigenvalue weighted by Crippen LogP contribution is -2.31. The molecule has 1 aromatic carbocycles. The third-order valence-corrected chi connectivity index (χ3v) is 8.30. The van der Waals surface area contributed by atoms with Crippen molar-refractivity contribution in [3.05, 3.63) is 65.2 Å². The van der Waals surface area contributed by atoms with E-state index in [-0.39, 0.29) is 0 Å². The van der Waals surface area contributed by atoms with Crippen molar-refractivity contribution in [3.63, 3.8) is 0 Å². The molecule has 1 N–H and O–H groups in total. The molecule has 37 heavy (non-hydrogen) atoms. The Morgan fingerprint density at radius 1 is 1.22 bits per heavy atom. The maximum Gasteiger partial charge on any atom is 0.229 e. The van der Waals surface area contributed by atoms with E-state index in [1.165, 1.54) is 41.3 Å². The number of anilines is 2. The Kier molecular flexibility index (Phi) is 6.16. The van der Waals surface area contributed by atoms with Gasteiger partial charge in [0.2, 0.25) is 5.95 Å². The largest absolute Gasteiger partial charge is 0.324 e. The number of thioether (sulfide) groups is 1. The van der Waals surface area contributed by atoms with E-state index >= 15 is 0 Å². The molecule has 0 saturated carbocycles. The fourth-order valence-corrected chi connectivity index (χ4v) is 6.85. The number of benzene rings is 1. The number of aromatic nitrogens is 4. The van der Waals surface area contributed by atoms with Crippen molar-refractivity contribution in [3.8, 4) is 5.82 Å². The summed E-state index contributed by atoms with van der Waals surface area (Å²) in [6.45, 7) is 2.02. The zero-order valence-corrected chi connectivity index (χ0v) is 22.6. The van der Waals surface area contributed by atoms with Crippen LogP contribution in [0, 0.1) is 5.82 Å². The predicted octanol–water partition coefficient (Wildman–Crippen LogP) is 5.22. The summed E-state index contributed by atoms with van der Waals surface area (Å²) in [6, 6.07) is 9.57. The maximum atomic E-state index is 14.8. The number of halogens is 1.